The number of rotatable bonds is 4. The van der Waals surface area contributed by atoms with E-state index in [4.69, 9.17) is 10.7 Å². The average Bonchev–Trinajstić information content (AvgIpc) is 2.39. The Morgan fingerprint density at radius 1 is 1.41 bits per heavy atom. The van der Waals surface area contributed by atoms with Crippen LogP contribution in [0.3, 0.4) is 0 Å². The monoisotopic (exact) mass is 231 g/mol. The minimum absolute atomic E-state index is 0.826. The van der Waals surface area contributed by atoms with Gasteiger partial charge in [-0.25, -0.2) is 0 Å². The summed E-state index contributed by atoms with van der Waals surface area (Å²) in [5.41, 5.74) is 10.2. The van der Waals surface area contributed by atoms with Crippen LogP contribution in [0.25, 0.3) is 5.57 Å². The molecule has 0 aromatic carbocycles. The summed E-state index contributed by atoms with van der Waals surface area (Å²) < 4.78 is 0. The molecule has 0 aliphatic carbocycles. The zero-order valence-electron chi connectivity index (χ0n) is 10.5. The van der Waals surface area contributed by atoms with Crippen LogP contribution in [-0.2, 0) is 6.42 Å². The standard InChI is InChI=1S/C14H21N3/c1-2-3-6-14-12(15)7-8-13(17-14)11-5-4-9-16-10-11/h5,7-8,16H,2-4,6,9-10,15H2,1H3. The van der Waals surface area contributed by atoms with Crippen LogP contribution in [0.1, 0.15) is 37.6 Å². The maximum absolute atomic E-state index is 5.96. The third-order valence-electron chi connectivity index (χ3n) is 3.13. The van der Waals surface area contributed by atoms with Crippen LogP contribution in [0.2, 0.25) is 0 Å². The van der Waals surface area contributed by atoms with Crippen molar-refractivity contribution in [1.29, 1.82) is 0 Å². The second kappa shape index (κ2) is 5.82. The van der Waals surface area contributed by atoms with Crippen molar-refractivity contribution >= 4 is 11.3 Å². The van der Waals surface area contributed by atoms with Gasteiger partial charge in [-0.1, -0.05) is 19.4 Å². The first-order valence-electron chi connectivity index (χ1n) is 6.46. The molecule has 3 N–H and O–H groups in total. The maximum atomic E-state index is 5.96. The summed E-state index contributed by atoms with van der Waals surface area (Å²) in [5, 5.41) is 3.37. The molecule has 1 aromatic rings. The summed E-state index contributed by atoms with van der Waals surface area (Å²) in [4.78, 5) is 4.70. The lowest BCUT2D eigenvalue weighted by Crippen LogP contribution is -2.22. The summed E-state index contributed by atoms with van der Waals surface area (Å²) in [6.07, 6.45) is 6.68. The molecule has 0 saturated heterocycles. The summed E-state index contributed by atoms with van der Waals surface area (Å²) >= 11 is 0. The van der Waals surface area contributed by atoms with Gasteiger partial charge in [0.1, 0.15) is 0 Å². The first kappa shape index (κ1) is 12.1. The van der Waals surface area contributed by atoms with Gasteiger partial charge < -0.3 is 11.1 Å². The molecule has 3 heteroatoms. The largest absolute Gasteiger partial charge is 0.397 e. The smallest absolute Gasteiger partial charge is 0.0676 e. The number of hydrogen-bond acceptors (Lipinski definition) is 3. The van der Waals surface area contributed by atoms with E-state index in [1.807, 2.05) is 12.1 Å². The minimum atomic E-state index is 0.826. The molecule has 0 atom stereocenters. The zero-order valence-corrected chi connectivity index (χ0v) is 10.5. The highest BCUT2D eigenvalue weighted by Crippen LogP contribution is 2.19. The summed E-state index contributed by atoms with van der Waals surface area (Å²) in [5.74, 6) is 0. The Morgan fingerprint density at radius 3 is 3.00 bits per heavy atom. The molecular weight excluding hydrogens is 210 g/mol. The van der Waals surface area contributed by atoms with E-state index < -0.39 is 0 Å². The number of nitrogens with two attached hydrogens (primary N) is 1. The second-order valence-corrected chi connectivity index (χ2v) is 4.53. The van der Waals surface area contributed by atoms with E-state index in [0.29, 0.717) is 0 Å². The van der Waals surface area contributed by atoms with Gasteiger partial charge in [0.25, 0.3) is 0 Å². The van der Waals surface area contributed by atoms with Crippen LogP contribution in [-0.4, -0.2) is 18.1 Å². The molecule has 0 spiro atoms. The number of nitrogens with zero attached hydrogens (tertiary/aromatic N) is 1. The molecule has 0 bridgehead atoms. The molecule has 17 heavy (non-hydrogen) atoms. The van der Waals surface area contributed by atoms with Crippen molar-refractivity contribution in [3.05, 3.63) is 29.6 Å². The summed E-state index contributed by atoms with van der Waals surface area (Å²) in [6, 6.07) is 4.02. The zero-order chi connectivity index (χ0) is 12.1. The molecule has 1 aliphatic heterocycles. The highest BCUT2D eigenvalue weighted by Gasteiger charge is 2.09. The molecule has 92 valence electrons. The minimum Gasteiger partial charge on any atom is -0.397 e. The molecular formula is C14H21N3. The van der Waals surface area contributed by atoms with Gasteiger partial charge in [-0.2, -0.15) is 0 Å². The van der Waals surface area contributed by atoms with Crippen molar-refractivity contribution in [3.63, 3.8) is 0 Å². The third-order valence-corrected chi connectivity index (χ3v) is 3.13. The quantitative estimate of drug-likeness (QED) is 0.836. The second-order valence-electron chi connectivity index (χ2n) is 4.53. The molecule has 0 radical (unpaired) electrons. The van der Waals surface area contributed by atoms with Crippen LogP contribution in [0.15, 0.2) is 18.2 Å². The molecule has 3 nitrogen and oxygen atoms in total. The highest BCUT2D eigenvalue weighted by atomic mass is 14.9. The molecule has 1 aromatic heterocycles. The molecule has 0 unspecified atom stereocenters. The molecule has 0 fully saturated rings. The number of unbranched alkanes of at least 4 members (excludes halogenated alkanes) is 1. The van der Waals surface area contributed by atoms with Crippen LogP contribution in [0.5, 0.6) is 0 Å². The van der Waals surface area contributed by atoms with Gasteiger partial charge in [0.2, 0.25) is 0 Å². The number of aromatic nitrogens is 1. The normalized spacial score (nSPS) is 15.7. The van der Waals surface area contributed by atoms with Crippen LogP contribution in [0.4, 0.5) is 5.69 Å². The summed E-state index contributed by atoms with van der Waals surface area (Å²) in [7, 11) is 0. The molecule has 2 rings (SSSR count). The molecule has 0 saturated carbocycles. The van der Waals surface area contributed by atoms with E-state index in [1.165, 1.54) is 12.0 Å². The van der Waals surface area contributed by atoms with Crippen molar-refractivity contribution in [2.45, 2.75) is 32.6 Å². The van der Waals surface area contributed by atoms with Gasteiger partial charge in [0, 0.05) is 6.54 Å². The maximum Gasteiger partial charge on any atom is 0.0676 e. The molecule has 1 aliphatic rings. The fourth-order valence-corrected chi connectivity index (χ4v) is 2.07. The van der Waals surface area contributed by atoms with Crippen molar-refractivity contribution in [2.24, 2.45) is 0 Å². The van der Waals surface area contributed by atoms with Crippen molar-refractivity contribution < 1.29 is 0 Å². The van der Waals surface area contributed by atoms with Crippen molar-refractivity contribution in [2.75, 3.05) is 18.8 Å². The van der Waals surface area contributed by atoms with Gasteiger partial charge in [-0.3, -0.25) is 4.98 Å². The van der Waals surface area contributed by atoms with E-state index in [1.54, 1.807) is 0 Å². The predicted molar refractivity (Wildman–Crippen MR) is 72.7 cm³/mol. The van der Waals surface area contributed by atoms with Crippen LogP contribution >= 0.6 is 0 Å². The number of pyridine rings is 1. The van der Waals surface area contributed by atoms with Gasteiger partial charge in [0.15, 0.2) is 0 Å². The van der Waals surface area contributed by atoms with E-state index in [0.717, 1.165) is 49.4 Å². The Labute approximate surface area is 103 Å². The van der Waals surface area contributed by atoms with Gasteiger partial charge >= 0.3 is 0 Å². The Balaban J connectivity index is 2.20. The predicted octanol–water partition coefficient (Wildman–Crippen LogP) is 2.38. The van der Waals surface area contributed by atoms with Crippen LogP contribution < -0.4 is 11.1 Å². The number of hydrogen-bond donors (Lipinski definition) is 2. The topological polar surface area (TPSA) is 50.9 Å². The SMILES string of the molecule is CCCCc1nc(C2=CCCNC2)ccc1N. The number of nitrogen functional groups attached to an aromatic ring is 1. The van der Waals surface area contributed by atoms with E-state index in [9.17, 15) is 0 Å². The van der Waals surface area contributed by atoms with Crippen molar-refractivity contribution in [3.8, 4) is 0 Å². The Kier molecular flexibility index (Phi) is 4.15. The first-order chi connectivity index (χ1) is 8.31. The number of anilines is 1. The lowest BCUT2D eigenvalue weighted by Gasteiger charge is -2.15. The van der Waals surface area contributed by atoms with E-state index >= 15 is 0 Å². The van der Waals surface area contributed by atoms with Gasteiger partial charge in [-0.15, -0.1) is 0 Å². The Bertz CT molecular complexity index is 410. The van der Waals surface area contributed by atoms with E-state index in [2.05, 4.69) is 18.3 Å². The van der Waals surface area contributed by atoms with Crippen molar-refractivity contribution in [1.82, 2.24) is 10.3 Å². The van der Waals surface area contributed by atoms with E-state index in [-0.39, 0.29) is 0 Å². The number of nitrogens with one attached hydrogen (secondary N) is 1. The fourth-order valence-electron chi connectivity index (χ4n) is 2.07. The first-order valence-corrected chi connectivity index (χ1v) is 6.46. The Morgan fingerprint density at radius 2 is 2.29 bits per heavy atom. The Hall–Kier alpha value is -1.35. The fraction of sp³-hybridized carbons (Fsp3) is 0.500. The van der Waals surface area contributed by atoms with Gasteiger partial charge in [0.05, 0.1) is 17.1 Å². The molecule has 2 heterocycles. The molecule has 0 amide bonds. The lowest BCUT2D eigenvalue weighted by molar-refractivity contribution is 0.735. The third kappa shape index (κ3) is 3.07. The highest BCUT2D eigenvalue weighted by molar-refractivity contribution is 5.66. The van der Waals surface area contributed by atoms with Crippen LogP contribution in [0, 0.1) is 0 Å². The lowest BCUT2D eigenvalue weighted by atomic mass is 10.1. The average molecular weight is 231 g/mol. The summed E-state index contributed by atoms with van der Waals surface area (Å²) in [6.45, 7) is 4.18. The number of aryl methyl sites for hydroxylation is 1. The van der Waals surface area contributed by atoms with Gasteiger partial charge in [-0.05, 0) is 43.5 Å².